The zero-order valence-electron chi connectivity index (χ0n) is 23.2. The third-order valence-corrected chi connectivity index (χ3v) is 7.83. The first-order valence-corrected chi connectivity index (χ1v) is 13.8. The van der Waals surface area contributed by atoms with E-state index in [0.717, 1.165) is 18.4 Å². The molecule has 2 aromatic heterocycles. The van der Waals surface area contributed by atoms with Crippen LogP contribution < -0.4 is 10.6 Å². The lowest BCUT2D eigenvalue weighted by molar-refractivity contribution is -0.135. The van der Waals surface area contributed by atoms with Crippen molar-refractivity contribution in [3.63, 3.8) is 0 Å². The highest BCUT2D eigenvalue weighted by atomic mass is 16.3. The highest BCUT2D eigenvalue weighted by Gasteiger charge is 2.33. The lowest BCUT2D eigenvalue weighted by Gasteiger charge is -2.28. The number of hydrogen-bond acceptors (Lipinski definition) is 6. The second kappa shape index (κ2) is 11.5. The van der Waals surface area contributed by atoms with Gasteiger partial charge in [0.05, 0.1) is 10.9 Å². The summed E-state index contributed by atoms with van der Waals surface area (Å²) in [6, 6.07) is 8.62. The number of carbonyl (C=O) groups is 4. The maximum atomic E-state index is 13.5. The zero-order valence-corrected chi connectivity index (χ0v) is 23.2. The third-order valence-electron chi connectivity index (χ3n) is 7.83. The number of aromatic nitrogens is 1. The number of furan rings is 1. The Labute approximate surface area is 233 Å². The molecule has 0 radical (unpaired) electrons. The van der Waals surface area contributed by atoms with Gasteiger partial charge >= 0.3 is 0 Å². The van der Waals surface area contributed by atoms with Gasteiger partial charge in [0.15, 0.2) is 0 Å². The quantitative estimate of drug-likeness (QED) is 0.471. The summed E-state index contributed by atoms with van der Waals surface area (Å²) in [5.74, 6) is -1.10. The molecule has 0 spiro atoms. The molecule has 3 heterocycles. The van der Waals surface area contributed by atoms with Gasteiger partial charge in [0.1, 0.15) is 17.1 Å². The topological polar surface area (TPSA) is 125 Å². The molecule has 40 heavy (non-hydrogen) atoms. The van der Waals surface area contributed by atoms with Crippen LogP contribution in [0.1, 0.15) is 65.0 Å². The summed E-state index contributed by atoms with van der Waals surface area (Å²) < 4.78 is 6.00. The van der Waals surface area contributed by atoms with Crippen molar-refractivity contribution in [2.75, 3.05) is 37.8 Å². The first kappa shape index (κ1) is 27.4. The molecular weight excluding hydrogens is 510 g/mol. The fourth-order valence-corrected chi connectivity index (χ4v) is 5.60. The number of aryl methyl sites for hydroxylation is 1. The molecular formula is C30H35N5O5. The number of rotatable bonds is 6. The van der Waals surface area contributed by atoms with E-state index in [1.807, 2.05) is 13.0 Å². The van der Waals surface area contributed by atoms with Gasteiger partial charge in [0, 0.05) is 45.2 Å². The maximum absolute atomic E-state index is 13.5. The number of pyridine rings is 1. The minimum Gasteiger partial charge on any atom is -0.449 e. The molecule has 1 saturated heterocycles. The zero-order chi connectivity index (χ0) is 28.4. The number of nitrogens with one attached hydrogen (secondary N) is 2. The van der Waals surface area contributed by atoms with Crippen molar-refractivity contribution < 1.29 is 23.6 Å². The summed E-state index contributed by atoms with van der Waals surface area (Å²) in [5.41, 5.74) is 1.84. The molecule has 10 heteroatoms. The summed E-state index contributed by atoms with van der Waals surface area (Å²) in [5, 5.41) is 6.10. The van der Waals surface area contributed by atoms with Crippen molar-refractivity contribution in [3.05, 3.63) is 53.4 Å². The predicted molar refractivity (Wildman–Crippen MR) is 151 cm³/mol. The first-order valence-electron chi connectivity index (χ1n) is 13.8. The Hall–Kier alpha value is -4.21. The van der Waals surface area contributed by atoms with Crippen LogP contribution in [0.5, 0.6) is 0 Å². The van der Waals surface area contributed by atoms with Crippen molar-refractivity contribution in [2.24, 2.45) is 11.8 Å². The van der Waals surface area contributed by atoms with E-state index in [-0.39, 0.29) is 41.0 Å². The van der Waals surface area contributed by atoms with Crippen molar-refractivity contribution in [2.45, 2.75) is 45.4 Å². The van der Waals surface area contributed by atoms with E-state index in [1.165, 1.54) is 0 Å². The van der Waals surface area contributed by atoms with Crippen LogP contribution in [0, 0.1) is 18.8 Å². The number of anilines is 2. The number of likely N-dealkylation sites (tertiary alicyclic amines) is 1. The lowest BCUT2D eigenvalue weighted by Crippen LogP contribution is -2.35. The predicted octanol–water partition coefficient (Wildman–Crippen LogP) is 4.46. The highest BCUT2D eigenvalue weighted by molar-refractivity contribution is 6.19. The third kappa shape index (κ3) is 5.57. The van der Waals surface area contributed by atoms with Gasteiger partial charge in [-0.25, -0.2) is 4.98 Å². The molecule has 4 amide bonds. The standard InChI is InChI=1S/C30H35N5O5/c1-18-9-14-23(31-17-18)32-28(37)26-25(33-27(36)19-10-12-20(13-11-19)29(38)34(2)3)24-21(7-6-8-22(24)40-26)30(39)35-15-4-5-16-35/h6-9,14,17,19-20H,4-5,10-13,15-16H2,1-3H3,(H,33,36)(H,31,32,37). The first-order chi connectivity index (χ1) is 19.2. The number of hydrogen-bond donors (Lipinski definition) is 2. The molecule has 1 aliphatic carbocycles. The molecule has 1 aliphatic heterocycles. The minimum absolute atomic E-state index is 0.0772. The van der Waals surface area contributed by atoms with Crippen LogP contribution in [0.2, 0.25) is 0 Å². The van der Waals surface area contributed by atoms with E-state index in [4.69, 9.17) is 4.42 Å². The monoisotopic (exact) mass is 545 g/mol. The molecule has 5 rings (SSSR count). The Balaban J connectivity index is 1.47. The van der Waals surface area contributed by atoms with Crippen LogP contribution in [-0.2, 0) is 9.59 Å². The van der Waals surface area contributed by atoms with E-state index in [0.29, 0.717) is 61.1 Å². The normalized spacial score (nSPS) is 18.9. The summed E-state index contributed by atoms with van der Waals surface area (Å²) in [6.45, 7) is 3.22. The lowest BCUT2D eigenvalue weighted by atomic mass is 9.81. The van der Waals surface area contributed by atoms with E-state index >= 15 is 0 Å². The van der Waals surface area contributed by atoms with Crippen molar-refractivity contribution in [1.82, 2.24) is 14.8 Å². The summed E-state index contributed by atoms with van der Waals surface area (Å²) in [6.07, 6.45) is 5.86. The fourth-order valence-electron chi connectivity index (χ4n) is 5.60. The molecule has 2 aliphatic rings. The van der Waals surface area contributed by atoms with Crippen molar-refractivity contribution >= 4 is 46.1 Å². The Bertz CT molecular complexity index is 1430. The average Bonchev–Trinajstić information content (AvgIpc) is 3.62. The SMILES string of the molecule is Cc1ccc(NC(=O)c2oc3cccc(C(=O)N4CCCC4)c3c2NC(=O)C2CCC(C(=O)N(C)C)CC2)nc1. The molecule has 10 nitrogen and oxygen atoms in total. The average molecular weight is 546 g/mol. The van der Waals surface area contributed by atoms with Gasteiger partial charge in [-0.1, -0.05) is 12.1 Å². The molecule has 210 valence electrons. The van der Waals surface area contributed by atoms with E-state index in [1.54, 1.807) is 54.4 Å². The summed E-state index contributed by atoms with van der Waals surface area (Å²) >= 11 is 0. The molecule has 0 unspecified atom stereocenters. The summed E-state index contributed by atoms with van der Waals surface area (Å²) in [4.78, 5) is 60.5. The van der Waals surface area contributed by atoms with Crippen LogP contribution in [0.3, 0.4) is 0 Å². The van der Waals surface area contributed by atoms with Gasteiger partial charge in [0.2, 0.25) is 17.6 Å². The Morgan fingerprint density at radius 3 is 2.30 bits per heavy atom. The molecule has 0 bridgehead atoms. The number of benzene rings is 1. The second-order valence-corrected chi connectivity index (χ2v) is 10.9. The van der Waals surface area contributed by atoms with Crippen LogP contribution in [0.4, 0.5) is 11.5 Å². The molecule has 3 aromatic rings. The molecule has 1 aromatic carbocycles. The van der Waals surface area contributed by atoms with Crippen LogP contribution in [0.15, 0.2) is 40.9 Å². The number of nitrogens with zero attached hydrogens (tertiary/aromatic N) is 3. The molecule has 0 atom stereocenters. The second-order valence-electron chi connectivity index (χ2n) is 10.9. The van der Waals surface area contributed by atoms with Gasteiger partial charge < -0.3 is 24.9 Å². The van der Waals surface area contributed by atoms with Gasteiger partial charge in [-0.2, -0.15) is 0 Å². The molecule has 2 N–H and O–H groups in total. The van der Waals surface area contributed by atoms with Crippen LogP contribution >= 0.6 is 0 Å². The minimum atomic E-state index is -0.581. The van der Waals surface area contributed by atoms with Crippen LogP contribution in [0.25, 0.3) is 11.0 Å². The van der Waals surface area contributed by atoms with Crippen molar-refractivity contribution in [1.29, 1.82) is 0 Å². The number of fused-ring (bicyclic) bond motifs is 1. The maximum Gasteiger partial charge on any atom is 0.294 e. The Morgan fingerprint density at radius 2 is 1.65 bits per heavy atom. The smallest absolute Gasteiger partial charge is 0.294 e. The highest BCUT2D eigenvalue weighted by Crippen LogP contribution is 2.37. The van der Waals surface area contributed by atoms with Crippen molar-refractivity contribution in [3.8, 4) is 0 Å². The number of carbonyl (C=O) groups excluding carboxylic acids is 4. The van der Waals surface area contributed by atoms with Crippen LogP contribution in [-0.4, -0.2) is 65.6 Å². The van der Waals surface area contributed by atoms with E-state index in [2.05, 4.69) is 15.6 Å². The van der Waals surface area contributed by atoms with Gasteiger partial charge in [-0.05, 0) is 69.2 Å². The van der Waals surface area contributed by atoms with Gasteiger partial charge in [0.25, 0.3) is 11.8 Å². The van der Waals surface area contributed by atoms with Gasteiger partial charge in [-0.3, -0.25) is 19.2 Å². The Kier molecular flexibility index (Phi) is 7.86. The van der Waals surface area contributed by atoms with E-state index < -0.39 is 5.91 Å². The molecule has 1 saturated carbocycles. The Morgan fingerprint density at radius 1 is 0.950 bits per heavy atom. The molecule has 2 fully saturated rings. The largest absolute Gasteiger partial charge is 0.449 e. The van der Waals surface area contributed by atoms with Gasteiger partial charge in [-0.15, -0.1) is 0 Å². The van der Waals surface area contributed by atoms with E-state index in [9.17, 15) is 19.2 Å². The number of amides is 4. The summed E-state index contributed by atoms with van der Waals surface area (Å²) in [7, 11) is 3.48. The fraction of sp³-hybridized carbons (Fsp3) is 0.433.